The minimum absolute atomic E-state index is 0.182. The summed E-state index contributed by atoms with van der Waals surface area (Å²) in [5.41, 5.74) is 1.93. The average molecular weight is 300 g/mol. The number of alkyl halides is 1. The van der Waals surface area contributed by atoms with E-state index in [1.807, 2.05) is 24.3 Å². The zero-order chi connectivity index (χ0) is 11.5. The third-order valence-electron chi connectivity index (χ3n) is 2.16. The lowest BCUT2D eigenvalue weighted by molar-refractivity contribution is 0.971. The van der Waals surface area contributed by atoms with Crippen molar-refractivity contribution in [2.24, 2.45) is 0 Å². The maximum absolute atomic E-state index is 11.3. The van der Waals surface area contributed by atoms with Gasteiger partial charge in [0, 0.05) is 15.6 Å². The van der Waals surface area contributed by atoms with Gasteiger partial charge in [-0.15, -0.1) is 11.6 Å². The van der Waals surface area contributed by atoms with E-state index in [9.17, 15) is 4.79 Å². The first kappa shape index (κ1) is 11.4. The summed E-state index contributed by atoms with van der Waals surface area (Å²) in [7, 11) is 0. The predicted octanol–water partition coefficient (Wildman–Crippen LogP) is 2.94. The van der Waals surface area contributed by atoms with E-state index >= 15 is 0 Å². The molecule has 82 valence electrons. The summed E-state index contributed by atoms with van der Waals surface area (Å²) in [6.07, 6.45) is 0. The van der Waals surface area contributed by atoms with Crippen molar-refractivity contribution < 1.29 is 0 Å². The predicted molar refractivity (Wildman–Crippen MR) is 67.6 cm³/mol. The molecular weight excluding hydrogens is 291 g/mol. The van der Waals surface area contributed by atoms with Gasteiger partial charge in [0.15, 0.2) is 0 Å². The number of benzene rings is 1. The van der Waals surface area contributed by atoms with Gasteiger partial charge in [-0.3, -0.25) is 4.79 Å². The van der Waals surface area contributed by atoms with Crippen LogP contribution in [0.25, 0.3) is 11.3 Å². The summed E-state index contributed by atoms with van der Waals surface area (Å²) in [6, 6.07) is 9.38. The lowest BCUT2D eigenvalue weighted by Crippen LogP contribution is -2.13. The molecule has 16 heavy (non-hydrogen) atoms. The van der Waals surface area contributed by atoms with Gasteiger partial charge < -0.3 is 0 Å². The molecule has 0 atom stereocenters. The van der Waals surface area contributed by atoms with Crippen LogP contribution in [0.4, 0.5) is 0 Å². The Hall–Kier alpha value is -1.13. The summed E-state index contributed by atoms with van der Waals surface area (Å²) in [5.74, 6) is 0.182. The van der Waals surface area contributed by atoms with E-state index in [4.69, 9.17) is 11.6 Å². The number of nitrogens with one attached hydrogen (secondary N) is 1. The first-order chi connectivity index (χ1) is 7.70. The molecule has 0 saturated carbocycles. The average Bonchev–Trinajstić information content (AvgIpc) is 2.31. The Balaban J connectivity index is 2.48. The number of nitrogens with zero attached hydrogens (tertiary/aromatic N) is 1. The topological polar surface area (TPSA) is 45.8 Å². The van der Waals surface area contributed by atoms with Gasteiger partial charge >= 0.3 is 0 Å². The van der Waals surface area contributed by atoms with E-state index < -0.39 is 0 Å². The van der Waals surface area contributed by atoms with E-state index in [-0.39, 0.29) is 11.4 Å². The number of H-pyrrole nitrogens is 1. The number of rotatable bonds is 2. The van der Waals surface area contributed by atoms with Crippen molar-refractivity contribution in [3.05, 3.63) is 50.7 Å². The van der Waals surface area contributed by atoms with Gasteiger partial charge in [-0.1, -0.05) is 28.1 Å². The number of aromatic nitrogens is 2. The highest BCUT2D eigenvalue weighted by Crippen LogP contribution is 2.19. The summed E-state index contributed by atoms with van der Waals surface area (Å²) in [6.45, 7) is 0. The Labute approximate surface area is 106 Å². The molecule has 0 aliphatic rings. The number of hydrogen-bond acceptors (Lipinski definition) is 2. The van der Waals surface area contributed by atoms with Crippen LogP contribution >= 0.6 is 27.5 Å². The quantitative estimate of drug-likeness (QED) is 0.867. The summed E-state index contributed by atoms with van der Waals surface area (Å²) >= 11 is 9.02. The molecule has 0 saturated heterocycles. The molecule has 0 unspecified atom stereocenters. The highest BCUT2D eigenvalue weighted by molar-refractivity contribution is 9.10. The van der Waals surface area contributed by atoms with E-state index in [1.54, 1.807) is 6.07 Å². The van der Waals surface area contributed by atoms with Gasteiger partial charge in [0.1, 0.15) is 0 Å². The van der Waals surface area contributed by atoms with Gasteiger partial charge in [-0.05, 0) is 18.2 Å². The Kier molecular flexibility index (Phi) is 3.41. The molecule has 1 N–H and O–H groups in total. The van der Waals surface area contributed by atoms with Crippen molar-refractivity contribution in [2.75, 3.05) is 0 Å². The minimum Gasteiger partial charge on any atom is -0.268 e. The second kappa shape index (κ2) is 4.80. The molecule has 3 nitrogen and oxygen atoms in total. The molecule has 1 heterocycles. The molecule has 1 aromatic carbocycles. The van der Waals surface area contributed by atoms with Crippen LogP contribution in [0.3, 0.4) is 0 Å². The summed E-state index contributed by atoms with van der Waals surface area (Å²) in [4.78, 5) is 11.3. The molecule has 0 radical (unpaired) electrons. The molecule has 0 aliphatic heterocycles. The normalized spacial score (nSPS) is 10.4. The van der Waals surface area contributed by atoms with Crippen molar-refractivity contribution in [3.8, 4) is 11.3 Å². The van der Waals surface area contributed by atoms with E-state index in [2.05, 4.69) is 26.1 Å². The van der Waals surface area contributed by atoms with Crippen molar-refractivity contribution in [3.63, 3.8) is 0 Å². The number of hydrogen-bond donors (Lipinski definition) is 1. The van der Waals surface area contributed by atoms with E-state index in [0.717, 1.165) is 10.0 Å². The van der Waals surface area contributed by atoms with Crippen molar-refractivity contribution in [1.29, 1.82) is 0 Å². The van der Waals surface area contributed by atoms with Gasteiger partial charge in [-0.25, -0.2) is 5.10 Å². The van der Waals surface area contributed by atoms with Crippen LogP contribution in [-0.2, 0) is 5.88 Å². The molecule has 0 amide bonds. The molecule has 5 heteroatoms. The zero-order valence-corrected chi connectivity index (χ0v) is 10.5. The van der Waals surface area contributed by atoms with Gasteiger partial charge in [-0.2, -0.15) is 5.10 Å². The fraction of sp³-hybridized carbons (Fsp3) is 0.0909. The van der Waals surface area contributed by atoms with Crippen LogP contribution in [0.15, 0.2) is 39.6 Å². The summed E-state index contributed by atoms with van der Waals surface area (Å²) < 4.78 is 0.998. The number of aromatic amines is 1. The Morgan fingerprint density at radius 3 is 2.62 bits per heavy atom. The van der Waals surface area contributed by atoms with E-state index in [0.29, 0.717) is 11.3 Å². The van der Waals surface area contributed by atoms with Crippen molar-refractivity contribution in [1.82, 2.24) is 10.2 Å². The zero-order valence-electron chi connectivity index (χ0n) is 8.21. The molecule has 0 spiro atoms. The van der Waals surface area contributed by atoms with Crippen LogP contribution < -0.4 is 5.56 Å². The maximum Gasteiger partial charge on any atom is 0.268 e. The van der Waals surface area contributed by atoms with Gasteiger partial charge in [0.05, 0.1) is 11.6 Å². The van der Waals surface area contributed by atoms with Crippen LogP contribution in [0, 0.1) is 0 Å². The highest BCUT2D eigenvalue weighted by atomic mass is 79.9. The van der Waals surface area contributed by atoms with Crippen LogP contribution in [0.2, 0.25) is 0 Å². The van der Waals surface area contributed by atoms with Crippen LogP contribution in [0.5, 0.6) is 0 Å². The molecule has 0 bridgehead atoms. The monoisotopic (exact) mass is 298 g/mol. The third kappa shape index (κ3) is 2.33. The van der Waals surface area contributed by atoms with Crippen LogP contribution in [-0.4, -0.2) is 10.2 Å². The van der Waals surface area contributed by atoms with Crippen molar-refractivity contribution >= 4 is 27.5 Å². The molecule has 2 rings (SSSR count). The lowest BCUT2D eigenvalue weighted by Gasteiger charge is -2.01. The molecular formula is C11H8BrClN2O. The Morgan fingerprint density at radius 2 is 2.00 bits per heavy atom. The van der Waals surface area contributed by atoms with Gasteiger partial charge in [0.2, 0.25) is 0 Å². The SMILES string of the molecule is O=c1[nH]nc(-c2ccc(Br)cc2)cc1CCl. The smallest absolute Gasteiger partial charge is 0.268 e. The van der Waals surface area contributed by atoms with Crippen LogP contribution in [0.1, 0.15) is 5.56 Å². The molecule has 0 aliphatic carbocycles. The minimum atomic E-state index is -0.240. The lowest BCUT2D eigenvalue weighted by atomic mass is 10.1. The summed E-state index contributed by atoms with van der Waals surface area (Å²) in [5, 5.41) is 6.41. The van der Waals surface area contributed by atoms with E-state index in [1.165, 1.54) is 0 Å². The first-order valence-electron chi connectivity index (χ1n) is 4.61. The molecule has 1 aromatic heterocycles. The third-order valence-corrected chi connectivity index (χ3v) is 2.98. The molecule has 0 fully saturated rings. The Morgan fingerprint density at radius 1 is 1.31 bits per heavy atom. The second-order valence-corrected chi connectivity index (χ2v) is 4.43. The fourth-order valence-electron chi connectivity index (χ4n) is 1.31. The largest absolute Gasteiger partial charge is 0.268 e. The molecule has 2 aromatic rings. The fourth-order valence-corrected chi connectivity index (χ4v) is 1.78. The van der Waals surface area contributed by atoms with Gasteiger partial charge in [0.25, 0.3) is 5.56 Å². The maximum atomic E-state index is 11.3. The second-order valence-electron chi connectivity index (χ2n) is 3.25. The number of halogens is 2. The Bertz CT molecular complexity index is 551. The van der Waals surface area contributed by atoms with Crippen molar-refractivity contribution in [2.45, 2.75) is 5.88 Å². The highest BCUT2D eigenvalue weighted by Gasteiger charge is 2.04. The first-order valence-corrected chi connectivity index (χ1v) is 5.94. The standard InChI is InChI=1S/C11H8BrClN2O/c12-9-3-1-7(2-4-9)10-5-8(6-13)11(16)15-14-10/h1-5H,6H2,(H,15,16).